The predicted molar refractivity (Wildman–Crippen MR) is 91.3 cm³/mol. The average molecular weight is 352 g/mol. The maximum atomic E-state index is 12.7. The van der Waals surface area contributed by atoms with E-state index in [1.165, 1.54) is 22.0 Å². The molecular formula is C17H26N3O3S+. The number of carbonyl (C=O) groups excluding carboxylic acids is 1. The number of hydrogen-bond acceptors (Lipinski definition) is 3. The van der Waals surface area contributed by atoms with E-state index in [-0.39, 0.29) is 5.91 Å². The van der Waals surface area contributed by atoms with Crippen LogP contribution in [0.15, 0.2) is 29.2 Å². The third kappa shape index (κ3) is 3.79. The van der Waals surface area contributed by atoms with Gasteiger partial charge in [-0.1, -0.05) is 17.7 Å². The Hall–Kier alpha value is -1.44. The summed E-state index contributed by atoms with van der Waals surface area (Å²) in [6, 6.07) is 6.93. The van der Waals surface area contributed by atoms with Gasteiger partial charge in [0.15, 0.2) is 6.54 Å². The van der Waals surface area contributed by atoms with Gasteiger partial charge in [-0.2, -0.15) is 4.31 Å². The van der Waals surface area contributed by atoms with E-state index in [0.29, 0.717) is 37.6 Å². The summed E-state index contributed by atoms with van der Waals surface area (Å²) in [5.74, 6) is 0.152. The van der Waals surface area contributed by atoms with E-state index in [1.807, 2.05) is 24.0 Å². The molecule has 1 aromatic carbocycles. The highest BCUT2D eigenvalue weighted by atomic mass is 32.2. The van der Waals surface area contributed by atoms with Crippen molar-refractivity contribution in [1.29, 1.82) is 0 Å². The molecule has 2 fully saturated rings. The van der Waals surface area contributed by atoms with E-state index in [1.54, 1.807) is 12.1 Å². The minimum atomic E-state index is -3.46. The van der Waals surface area contributed by atoms with Crippen LogP contribution in [0.3, 0.4) is 0 Å². The molecule has 1 aromatic rings. The van der Waals surface area contributed by atoms with Crippen LogP contribution in [0.4, 0.5) is 0 Å². The number of sulfonamides is 1. The van der Waals surface area contributed by atoms with Gasteiger partial charge in [0.05, 0.1) is 18.0 Å². The maximum absolute atomic E-state index is 12.7. The largest absolute Gasteiger partial charge is 0.335 e. The first-order valence-electron chi connectivity index (χ1n) is 8.65. The minimum absolute atomic E-state index is 0.152. The Morgan fingerprint density at radius 2 is 1.62 bits per heavy atom. The van der Waals surface area contributed by atoms with Crippen LogP contribution in [0, 0.1) is 6.92 Å². The van der Waals surface area contributed by atoms with Crippen LogP contribution >= 0.6 is 0 Å². The molecule has 3 rings (SSSR count). The van der Waals surface area contributed by atoms with Crippen molar-refractivity contribution in [2.45, 2.75) is 24.7 Å². The molecule has 132 valence electrons. The molecule has 2 aliphatic rings. The monoisotopic (exact) mass is 352 g/mol. The van der Waals surface area contributed by atoms with Crippen molar-refractivity contribution in [1.82, 2.24) is 9.21 Å². The van der Waals surface area contributed by atoms with Crippen molar-refractivity contribution in [3.8, 4) is 0 Å². The molecule has 0 atom stereocenters. The summed E-state index contributed by atoms with van der Waals surface area (Å²) in [7, 11) is -3.46. The first-order valence-corrected chi connectivity index (χ1v) is 10.1. The SMILES string of the molecule is Cc1ccc(S(=O)(=O)N2CCN(C(=O)C[NH+]3CCCC3)CC2)cc1. The molecule has 6 nitrogen and oxygen atoms in total. The molecule has 2 heterocycles. The fourth-order valence-electron chi connectivity index (χ4n) is 3.41. The Labute approximate surface area is 144 Å². The first-order chi connectivity index (χ1) is 11.5. The number of amides is 1. The van der Waals surface area contributed by atoms with Crippen LogP contribution in [0.25, 0.3) is 0 Å². The molecule has 7 heteroatoms. The number of piperazine rings is 1. The number of rotatable bonds is 4. The zero-order valence-electron chi connectivity index (χ0n) is 14.2. The molecule has 0 saturated carbocycles. The quantitative estimate of drug-likeness (QED) is 0.795. The maximum Gasteiger partial charge on any atom is 0.277 e. The van der Waals surface area contributed by atoms with E-state index < -0.39 is 10.0 Å². The number of benzene rings is 1. The van der Waals surface area contributed by atoms with Crippen LogP contribution < -0.4 is 4.90 Å². The topological polar surface area (TPSA) is 62.1 Å². The van der Waals surface area contributed by atoms with Gasteiger partial charge in [0.25, 0.3) is 5.91 Å². The highest BCUT2D eigenvalue weighted by Crippen LogP contribution is 2.18. The van der Waals surface area contributed by atoms with Crippen LogP contribution in [-0.4, -0.2) is 69.3 Å². The molecular weight excluding hydrogens is 326 g/mol. The van der Waals surface area contributed by atoms with Crippen LogP contribution in [0.1, 0.15) is 18.4 Å². The molecule has 2 saturated heterocycles. The second kappa shape index (κ2) is 7.21. The summed E-state index contributed by atoms with van der Waals surface area (Å²) in [6.45, 7) is 6.35. The van der Waals surface area contributed by atoms with Gasteiger partial charge in [0.2, 0.25) is 10.0 Å². The Morgan fingerprint density at radius 3 is 2.21 bits per heavy atom. The molecule has 0 spiro atoms. The molecule has 0 aliphatic carbocycles. The first kappa shape index (κ1) is 17.4. The molecule has 24 heavy (non-hydrogen) atoms. The summed E-state index contributed by atoms with van der Waals surface area (Å²) < 4.78 is 26.8. The summed E-state index contributed by atoms with van der Waals surface area (Å²) in [5.41, 5.74) is 1.04. The highest BCUT2D eigenvalue weighted by Gasteiger charge is 2.31. The summed E-state index contributed by atoms with van der Waals surface area (Å²) in [4.78, 5) is 15.9. The van der Waals surface area contributed by atoms with Gasteiger partial charge in [-0.3, -0.25) is 4.79 Å². The fourth-order valence-corrected chi connectivity index (χ4v) is 4.84. The standard InChI is InChI=1S/C17H25N3O3S/c1-15-4-6-16(7-5-15)24(22,23)20-12-10-19(11-13-20)17(21)14-18-8-2-3-9-18/h4-7H,2-3,8-14H2,1H3/p+1. The van der Waals surface area contributed by atoms with Crippen molar-refractivity contribution in [3.05, 3.63) is 29.8 Å². The average Bonchev–Trinajstić information content (AvgIpc) is 3.08. The van der Waals surface area contributed by atoms with Crippen molar-refractivity contribution >= 4 is 15.9 Å². The number of likely N-dealkylation sites (tertiary alicyclic amines) is 1. The van der Waals surface area contributed by atoms with E-state index >= 15 is 0 Å². The van der Waals surface area contributed by atoms with Gasteiger partial charge in [0.1, 0.15) is 0 Å². The van der Waals surface area contributed by atoms with Crippen molar-refractivity contribution in [2.75, 3.05) is 45.8 Å². The van der Waals surface area contributed by atoms with Crippen molar-refractivity contribution < 1.29 is 18.1 Å². The van der Waals surface area contributed by atoms with Gasteiger partial charge in [0, 0.05) is 39.0 Å². The zero-order valence-corrected chi connectivity index (χ0v) is 15.0. The van der Waals surface area contributed by atoms with Crippen molar-refractivity contribution in [2.24, 2.45) is 0 Å². The number of hydrogen-bond donors (Lipinski definition) is 1. The number of nitrogens with one attached hydrogen (secondary N) is 1. The van der Waals surface area contributed by atoms with Crippen LogP contribution in [0.5, 0.6) is 0 Å². The lowest BCUT2D eigenvalue weighted by atomic mass is 10.2. The summed E-state index contributed by atoms with van der Waals surface area (Å²) >= 11 is 0. The Bertz CT molecular complexity index is 674. The van der Waals surface area contributed by atoms with Crippen LogP contribution in [-0.2, 0) is 14.8 Å². The molecule has 1 amide bonds. The lowest BCUT2D eigenvalue weighted by Gasteiger charge is -2.34. The van der Waals surface area contributed by atoms with E-state index in [9.17, 15) is 13.2 Å². The van der Waals surface area contributed by atoms with Gasteiger partial charge in [-0.05, 0) is 19.1 Å². The van der Waals surface area contributed by atoms with E-state index in [0.717, 1.165) is 18.7 Å². The minimum Gasteiger partial charge on any atom is -0.335 e. The van der Waals surface area contributed by atoms with Gasteiger partial charge in [-0.15, -0.1) is 0 Å². The van der Waals surface area contributed by atoms with E-state index in [4.69, 9.17) is 0 Å². The lowest BCUT2D eigenvalue weighted by Crippen LogP contribution is -3.11. The van der Waals surface area contributed by atoms with E-state index in [2.05, 4.69) is 0 Å². The molecule has 1 N–H and O–H groups in total. The third-order valence-electron chi connectivity index (χ3n) is 4.96. The Morgan fingerprint density at radius 1 is 1.04 bits per heavy atom. The molecule has 0 aromatic heterocycles. The van der Waals surface area contributed by atoms with Crippen molar-refractivity contribution in [3.63, 3.8) is 0 Å². The molecule has 0 bridgehead atoms. The molecule has 0 radical (unpaired) electrons. The highest BCUT2D eigenvalue weighted by molar-refractivity contribution is 7.89. The molecule has 2 aliphatic heterocycles. The summed E-state index contributed by atoms with van der Waals surface area (Å²) in [6.07, 6.45) is 2.40. The Balaban J connectivity index is 1.57. The Kier molecular flexibility index (Phi) is 5.22. The zero-order chi connectivity index (χ0) is 17.2. The number of quaternary nitrogens is 1. The smallest absolute Gasteiger partial charge is 0.277 e. The van der Waals surface area contributed by atoms with Gasteiger partial charge in [-0.25, -0.2) is 8.42 Å². The second-order valence-corrected chi connectivity index (χ2v) is 8.67. The summed E-state index contributed by atoms with van der Waals surface area (Å²) in [5, 5.41) is 0. The van der Waals surface area contributed by atoms with Gasteiger partial charge >= 0.3 is 0 Å². The number of nitrogens with zero attached hydrogens (tertiary/aromatic N) is 2. The number of aryl methyl sites for hydroxylation is 1. The normalized spacial score (nSPS) is 20.5. The lowest BCUT2D eigenvalue weighted by molar-refractivity contribution is -0.879. The van der Waals surface area contributed by atoms with Gasteiger partial charge < -0.3 is 9.80 Å². The predicted octanol–water partition coefficient (Wildman–Crippen LogP) is -0.493. The molecule has 0 unspecified atom stereocenters. The second-order valence-electron chi connectivity index (χ2n) is 6.73. The number of carbonyl (C=O) groups is 1. The fraction of sp³-hybridized carbons (Fsp3) is 0.588. The third-order valence-corrected chi connectivity index (χ3v) is 6.87. The van der Waals surface area contributed by atoms with Crippen LogP contribution in [0.2, 0.25) is 0 Å².